The van der Waals surface area contributed by atoms with Crippen molar-refractivity contribution in [3.63, 3.8) is 0 Å². The van der Waals surface area contributed by atoms with Gasteiger partial charge in [-0.1, -0.05) is 19.3 Å². The van der Waals surface area contributed by atoms with Crippen LogP contribution in [0.1, 0.15) is 46.0 Å². The highest BCUT2D eigenvalue weighted by molar-refractivity contribution is 4.96. The SMILES string of the molecule is CC1CN(C2CCCCCC2C#N)CC(C)O1. The number of rotatable bonds is 1. The van der Waals surface area contributed by atoms with Gasteiger partial charge in [-0.05, 0) is 26.7 Å². The Bertz CT molecular complexity index is 276. The number of morpholine rings is 1. The van der Waals surface area contributed by atoms with Gasteiger partial charge in [0.15, 0.2) is 0 Å². The van der Waals surface area contributed by atoms with Crippen LogP contribution in [0.5, 0.6) is 0 Å². The maximum absolute atomic E-state index is 9.34. The van der Waals surface area contributed by atoms with Gasteiger partial charge in [0, 0.05) is 19.1 Å². The van der Waals surface area contributed by atoms with Gasteiger partial charge >= 0.3 is 0 Å². The molecule has 3 heteroatoms. The van der Waals surface area contributed by atoms with Crippen molar-refractivity contribution in [1.29, 1.82) is 5.26 Å². The second kappa shape index (κ2) is 5.84. The molecule has 4 unspecified atom stereocenters. The lowest BCUT2D eigenvalue weighted by Gasteiger charge is -2.41. The minimum atomic E-state index is 0.231. The topological polar surface area (TPSA) is 36.3 Å². The average molecular weight is 236 g/mol. The first-order chi connectivity index (χ1) is 8.20. The molecular formula is C14H24N2O. The Morgan fingerprint density at radius 1 is 1.06 bits per heavy atom. The number of ether oxygens (including phenoxy) is 1. The molecule has 4 atom stereocenters. The van der Waals surface area contributed by atoms with E-state index in [1.807, 2.05) is 0 Å². The molecule has 0 aromatic heterocycles. The molecule has 3 nitrogen and oxygen atoms in total. The molecule has 1 aliphatic carbocycles. The highest BCUT2D eigenvalue weighted by Gasteiger charge is 2.33. The van der Waals surface area contributed by atoms with Crippen molar-refractivity contribution in [2.75, 3.05) is 13.1 Å². The molecule has 17 heavy (non-hydrogen) atoms. The number of nitriles is 1. The number of nitrogens with zero attached hydrogens (tertiary/aromatic N) is 2. The van der Waals surface area contributed by atoms with Gasteiger partial charge in [-0.25, -0.2) is 0 Å². The Kier molecular flexibility index (Phi) is 4.42. The van der Waals surface area contributed by atoms with Gasteiger partial charge in [0.2, 0.25) is 0 Å². The van der Waals surface area contributed by atoms with E-state index in [2.05, 4.69) is 24.8 Å². The summed E-state index contributed by atoms with van der Waals surface area (Å²) >= 11 is 0. The molecule has 2 fully saturated rings. The normalized spacial score (nSPS) is 40.5. The lowest BCUT2D eigenvalue weighted by atomic mass is 9.94. The summed E-state index contributed by atoms with van der Waals surface area (Å²) in [5, 5.41) is 9.34. The minimum Gasteiger partial charge on any atom is -0.373 e. The fraction of sp³-hybridized carbons (Fsp3) is 0.929. The molecule has 2 aliphatic rings. The summed E-state index contributed by atoms with van der Waals surface area (Å²) in [4.78, 5) is 2.51. The number of hydrogen-bond acceptors (Lipinski definition) is 3. The standard InChI is InChI=1S/C14H24N2O/c1-11-9-16(10-12(2)17-11)14-7-5-3-4-6-13(14)8-15/h11-14H,3-7,9-10H2,1-2H3. The summed E-state index contributed by atoms with van der Waals surface area (Å²) in [7, 11) is 0. The Labute approximate surface area is 105 Å². The van der Waals surface area contributed by atoms with Crippen LogP contribution in [-0.2, 0) is 4.74 Å². The lowest BCUT2D eigenvalue weighted by Crippen LogP contribution is -2.52. The van der Waals surface area contributed by atoms with E-state index in [1.54, 1.807) is 0 Å². The quantitative estimate of drug-likeness (QED) is 0.656. The van der Waals surface area contributed by atoms with Crippen LogP contribution in [0.3, 0.4) is 0 Å². The zero-order chi connectivity index (χ0) is 12.3. The predicted octanol–water partition coefficient (Wildman–Crippen LogP) is 2.57. The Balaban J connectivity index is 2.04. The number of hydrogen-bond donors (Lipinski definition) is 0. The fourth-order valence-electron chi connectivity index (χ4n) is 3.36. The van der Waals surface area contributed by atoms with Gasteiger partial charge in [0.05, 0.1) is 24.2 Å². The van der Waals surface area contributed by atoms with Gasteiger partial charge in [-0.2, -0.15) is 5.26 Å². The highest BCUT2D eigenvalue weighted by atomic mass is 16.5. The molecular weight excluding hydrogens is 212 g/mol. The minimum absolute atomic E-state index is 0.231. The molecule has 0 aromatic carbocycles. The lowest BCUT2D eigenvalue weighted by molar-refractivity contribution is -0.0852. The molecule has 1 saturated heterocycles. The van der Waals surface area contributed by atoms with E-state index in [9.17, 15) is 5.26 Å². The van der Waals surface area contributed by atoms with Crippen LogP contribution in [0.4, 0.5) is 0 Å². The molecule has 1 aliphatic heterocycles. The van der Waals surface area contributed by atoms with E-state index in [1.165, 1.54) is 25.7 Å². The van der Waals surface area contributed by atoms with Crippen LogP contribution in [0.15, 0.2) is 0 Å². The zero-order valence-corrected chi connectivity index (χ0v) is 11.1. The van der Waals surface area contributed by atoms with E-state index in [0.29, 0.717) is 18.2 Å². The van der Waals surface area contributed by atoms with Crippen LogP contribution < -0.4 is 0 Å². The van der Waals surface area contributed by atoms with Gasteiger partial charge in [-0.3, -0.25) is 4.90 Å². The smallest absolute Gasteiger partial charge is 0.0678 e. The van der Waals surface area contributed by atoms with Crippen molar-refractivity contribution in [1.82, 2.24) is 4.90 Å². The van der Waals surface area contributed by atoms with Gasteiger partial charge in [0.25, 0.3) is 0 Å². The summed E-state index contributed by atoms with van der Waals surface area (Å²) in [6.45, 7) is 6.27. The van der Waals surface area contributed by atoms with Gasteiger partial charge in [-0.15, -0.1) is 0 Å². The molecule has 0 aromatic rings. The molecule has 0 N–H and O–H groups in total. The molecule has 0 spiro atoms. The Morgan fingerprint density at radius 2 is 1.71 bits per heavy atom. The van der Waals surface area contributed by atoms with E-state index in [0.717, 1.165) is 19.5 Å². The van der Waals surface area contributed by atoms with Crippen molar-refractivity contribution in [2.45, 2.75) is 64.2 Å². The highest BCUT2D eigenvalue weighted by Crippen LogP contribution is 2.29. The summed E-state index contributed by atoms with van der Waals surface area (Å²) in [5.74, 6) is 0.231. The monoisotopic (exact) mass is 236 g/mol. The van der Waals surface area contributed by atoms with Crippen LogP contribution in [0.2, 0.25) is 0 Å². The third-order valence-corrected chi connectivity index (χ3v) is 4.06. The van der Waals surface area contributed by atoms with Gasteiger partial charge < -0.3 is 4.74 Å². The molecule has 0 bridgehead atoms. The van der Waals surface area contributed by atoms with E-state index in [-0.39, 0.29) is 5.92 Å². The predicted molar refractivity (Wildman–Crippen MR) is 67.6 cm³/mol. The van der Waals surface area contributed by atoms with Crippen LogP contribution in [0.25, 0.3) is 0 Å². The zero-order valence-electron chi connectivity index (χ0n) is 11.1. The summed E-state index contributed by atoms with van der Waals surface area (Å²) < 4.78 is 5.78. The molecule has 1 heterocycles. The van der Waals surface area contributed by atoms with Crippen molar-refractivity contribution >= 4 is 0 Å². The average Bonchev–Trinajstić information content (AvgIpc) is 2.52. The van der Waals surface area contributed by atoms with Crippen molar-refractivity contribution in [2.24, 2.45) is 5.92 Å². The molecule has 0 amide bonds. The third kappa shape index (κ3) is 3.20. The van der Waals surface area contributed by atoms with Crippen LogP contribution >= 0.6 is 0 Å². The van der Waals surface area contributed by atoms with Gasteiger partial charge in [0.1, 0.15) is 0 Å². The fourth-order valence-corrected chi connectivity index (χ4v) is 3.36. The van der Waals surface area contributed by atoms with Crippen LogP contribution in [0, 0.1) is 17.2 Å². The molecule has 2 rings (SSSR count). The second-order valence-electron chi connectivity index (χ2n) is 5.65. The van der Waals surface area contributed by atoms with E-state index in [4.69, 9.17) is 4.74 Å². The molecule has 1 saturated carbocycles. The first kappa shape index (κ1) is 12.9. The maximum atomic E-state index is 9.34. The Hall–Kier alpha value is -0.590. The van der Waals surface area contributed by atoms with Crippen molar-refractivity contribution in [3.8, 4) is 6.07 Å². The summed E-state index contributed by atoms with van der Waals surface area (Å²) in [6.07, 6.45) is 6.69. The summed E-state index contributed by atoms with van der Waals surface area (Å²) in [5.41, 5.74) is 0. The van der Waals surface area contributed by atoms with E-state index >= 15 is 0 Å². The Morgan fingerprint density at radius 3 is 2.35 bits per heavy atom. The van der Waals surface area contributed by atoms with Crippen molar-refractivity contribution in [3.05, 3.63) is 0 Å². The first-order valence-corrected chi connectivity index (χ1v) is 7.00. The summed E-state index contributed by atoms with van der Waals surface area (Å²) in [6, 6.07) is 3.01. The molecule has 96 valence electrons. The van der Waals surface area contributed by atoms with Crippen molar-refractivity contribution < 1.29 is 4.74 Å². The third-order valence-electron chi connectivity index (χ3n) is 4.06. The largest absolute Gasteiger partial charge is 0.373 e. The van der Waals surface area contributed by atoms with Crippen LogP contribution in [-0.4, -0.2) is 36.2 Å². The maximum Gasteiger partial charge on any atom is 0.0678 e. The second-order valence-corrected chi connectivity index (χ2v) is 5.65. The van der Waals surface area contributed by atoms with E-state index < -0.39 is 0 Å². The molecule has 0 radical (unpaired) electrons. The first-order valence-electron chi connectivity index (χ1n) is 7.00.